The summed E-state index contributed by atoms with van der Waals surface area (Å²) < 4.78 is 22.9. The van der Waals surface area contributed by atoms with Crippen LogP contribution in [0.25, 0.3) is 0 Å². The van der Waals surface area contributed by atoms with Crippen molar-refractivity contribution in [2.24, 2.45) is 17.6 Å². The van der Waals surface area contributed by atoms with Crippen LogP contribution < -0.4 is 11.1 Å². The molecule has 2 aliphatic rings. The van der Waals surface area contributed by atoms with Gasteiger partial charge in [0.1, 0.15) is 0 Å². The first kappa shape index (κ1) is 15.8. The van der Waals surface area contributed by atoms with Gasteiger partial charge in [0.2, 0.25) is 5.91 Å². The number of amides is 1. The van der Waals surface area contributed by atoms with Gasteiger partial charge in [0, 0.05) is 13.0 Å². The van der Waals surface area contributed by atoms with Crippen LogP contribution in [0.15, 0.2) is 0 Å². The minimum absolute atomic E-state index is 0.0197. The summed E-state index contributed by atoms with van der Waals surface area (Å²) in [7, 11) is -2.91. The molecule has 0 spiro atoms. The molecule has 3 atom stereocenters. The number of nitrogens with two attached hydrogens (primary N) is 1. The zero-order valence-electron chi connectivity index (χ0n) is 12.2. The van der Waals surface area contributed by atoms with Crippen LogP contribution in [0.2, 0.25) is 0 Å². The van der Waals surface area contributed by atoms with Crippen molar-refractivity contribution in [3.05, 3.63) is 0 Å². The van der Waals surface area contributed by atoms with E-state index in [2.05, 4.69) is 12.2 Å². The van der Waals surface area contributed by atoms with E-state index in [1.54, 1.807) is 0 Å². The summed E-state index contributed by atoms with van der Waals surface area (Å²) in [5.74, 6) is 0.715. The molecular weight excluding hydrogens is 276 g/mol. The van der Waals surface area contributed by atoms with Crippen molar-refractivity contribution >= 4 is 15.7 Å². The highest BCUT2D eigenvalue weighted by Gasteiger charge is 2.39. The fraction of sp³-hybridized carbons (Fsp3) is 0.929. The van der Waals surface area contributed by atoms with E-state index < -0.39 is 9.84 Å². The first-order valence-electron chi connectivity index (χ1n) is 7.58. The molecule has 1 saturated heterocycles. The second-order valence-corrected chi connectivity index (χ2v) is 8.76. The summed E-state index contributed by atoms with van der Waals surface area (Å²) in [6.45, 7) is 2.61. The highest BCUT2D eigenvalue weighted by atomic mass is 32.2. The molecule has 1 saturated carbocycles. The molecule has 1 aliphatic heterocycles. The SMILES string of the molecule is CC1CCCCC1(CN)NC(=O)CC1CCS(=O)(=O)C1. The van der Waals surface area contributed by atoms with Gasteiger partial charge in [-0.25, -0.2) is 8.42 Å². The van der Waals surface area contributed by atoms with Gasteiger partial charge in [0.05, 0.1) is 17.0 Å². The maximum Gasteiger partial charge on any atom is 0.220 e. The second-order valence-electron chi connectivity index (χ2n) is 6.53. The molecule has 0 aromatic carbocycles. The van der Waals surface area contributed by atoms with Gasteiger partial charge in [-0.1, -0.05) is 19.8 Å². The minimum atomic E-state index is -2.91. The highest BCUT2D eigenvalue weighted by Crippen LogP contribution is 2.33. The molecule has 5 nitrogen and oxygen atoms in total. The first-order valence-corrected chi connectivity index (χ1v) is 9.40. The van der Waals surface area contributed by atoms with Crippen molar-refractivity contribution < 1.29 is 13.2 Å². The lowest BCUT2D eigenvalue weighted by Crippen LogP contribution is -2.59. The van der Waals surface area contributed by atoms with Gasteiger partial charge in [-0.2, -0.15) is 0 Å². The van der Waals surface area contributed by atoms with E-state index >= 15 is 0 Å². The second kappa shape index (κ2) is 6.02. The molecule has 0 radical (unpaired) electrons. The van der Waals surface area contributed by atoms with Crippen molar-refractivity contribution in [3.8, 4) is 0 Å². The Balaban J connectivity index is 1.93. The number of sulfone groups is 1. The number of rotatable bonds is 4. The van der Waals surface area contributed by atoms with Crippen LogP contribution in [0.1, 0.15) is 45.4 Å². The Morgan fingerprint density at radius 2 is 2.10 bits per heavy atom. The molecule has 2 fully saturated rings. The topological polar surface area (TPSA) is 89.3 Å². The third kappa shape index (κ3) is 3.52. The van der Waals surface area contributed by atoms with Gasteiger partial charge in [-0.3, -0.25) is 4.79 Å². The van der Waals surface area contributed by atoms with Crippen LogP contribution >= 0.6 is 0 Å². The van der Waals surface area contributed by atoms with E-state index in [4.69, 9.17) is 5.73 Å². The van der Waals surface area contributed by atoms with Crippen LogP contribution in [-0.4, -0.2) is 37.9 Å². The molecular formula is C14H26N2O3S. The molecule has 0 bridgehead atoms. The lowest BCUT2D eigenvalue weighted by Gasteiger charge is -2.42. The highest BCUT2D eigenvalue weighted by molar-refractivity contribution is 7.91. The fourth-order valence-corrected chi connectivity index (χ4v) is 5.44. The van der Waals surface area contributed by atoms with Gasteiger partial charge < -0.3 is 11.1 Å². The Morgan fingerprint density at radius 3 is 2.65 bits per heavy atom. The maximum absolute atomic E-state index is 12.2. The summed E-state index contributed by atoms with van der Waals surface area (Å²) in [6.07, 6.45) is 5.24. The van der Waals surface area contributed by atoms with Crippen LogP contribution in [0.4, 0.5) is 0 Å². The summed E-state index contributed by atoms with van der Waals surface area (Å²) in [5.41, 5.74) is 5.63. The summed E-state index contributed by atoms with van der Waals surface area (Å²) >= 11 is 0. The van der Waals surface area contributed by atoms with Crippen LogP contribution in [0.5, 0.6) is 0 Å². The normalized spacial score (nSPS) is 36.7. The van der Waals surface area contributed by atoms with Crippen molar-refractivity contribution in [1.29, 1.82) is 0 Å². The molecule has 1 aliphatic carbocycles. The summed E-state index contributed by atoms with van der Waals surface area (Å²) in [6, 6.07) is 0. The van der Waals surface area contributed by atoms with Crippen molar-refractivity contribution in [2.45, 2.75) is 51.0 Å². The molecule has 0 aromatic heterocycles. The Hall–Kier alpha value is -0.620. The summed E-state index contributed by atoms with van der Waals surface area (Å²) in [4.78, 5) is 12.2. The number of hydrogen-bond acceptors (Lipinski definition) is 4. The molecule has 3 N–H and O–H groups in total. The lowest BCUT2D eigenvalue weighted by atomic mass is 9.73. The van der Waals surface area contributed by atoms with E-state index in [1.807, 2.05) is 0 Å². The molecule has 3 unspecified atom stereocenters. The molecule has 1 heterocycles. The van der Waals surface area contributed by atoms with E-state index in [9.17, 15) is 13.2 Å². The molecule has 1 amide bonds. The zero-order chi connectivity index (χ0) is 14.8. The first-order chi connectivity index (χ1) is 9.37. The van der Waals surface area contributed by atoms with Crippen LogP contribution in [0.3, 0.4) is 0 Å². The van der Waals surface area contributed by atoms with Crippen molar-refractivity contribution in [1.82, 2.24) is 5.32 Å². The number of nitrogens with one attached hydrogen (secondary N) is 1. The summed E-state index contributed by atoms with van der Waals surface area (Å²) in [5, 5.41) is 3.13. The van der Waals surface area contributed by atoms with Gasteiger partial charge in [0.25, 0.3) is 0 Å². The third-order valence-corrected chi connectivity index (χ3v) is 6.84. The standard InChI is InChI=1S/C14H26N2O3S/c1-11-4-2-3-6-14(11,10-15)16-13(17)8-12-5-7-20(18,19)9-12/h11-12H,2-10,15H2,1H3,(H,16,17). The van der Waals surface area contributed by atoms with Gasteiger partial charge in [-0.15, -0.1) is 0 Å². The average Bonchev–Trinajstić information content (AvgIpc) is 2.71. The lowest BCUT2D eigenvalue weighted by molar-refractivity contribution is -0.124. The molecule has 2 rings (SSSR count). The molecule has 116 valence electrons. The van der Waals surface area contributed by atoms with E-state index in [0.717, 1.165) is 19.3 Å². The Labute approximate surface area is 121 Å². The zero-order valence-corrected chi connectivity index (χ0v) is 13.0. The van der Waals surface area contributed by atoms with E-state index in [0.29, 0.717) is 25.3 Å². The van der Waals surface area contributed by atoms with E-state index in [-0.39, 0.29) is 28.9 Å². The van der Waals surface area contributed by atoms with Gasteiger partial charge in [0.15, 0.2) is 9.84 Å². The predicted octanol–water partition coefficient (Wildman–Crippen LogP) is 0.835. The Morgan fingerprint density at radius 1 is 1.35 bits per heavy atom. The quantitative estimate of drug-likeness (QED) is 0.805. The minimum Gasteiger partial charge on any atom is -0.349 e. The Kier molecular flexibility index (Phi) is 4.74. The number of carbonyl (C=O) groups excluding carboxylic acids is 1. The number of hydrogen-bond donors (Lipinski definition) is 2. The smallest absolute Gasteiger partial charge is 0.220 e. The van der Waals surface area contributed by atoms with Crippen molar-refractivity contribution in [3.63, 3.8) is 0 Å². The molecule has 20 heavy (non-hydrogen) atoms. The van der Waals surface area contributed by atoms with Crippen LogP contribution in [-0.2, 0) is 14.6 Å². The van der Waals surface area contributed by atoms with Crippen LogP contribution in [0, 0.1) is 11.8 Å². The largest absolute Gasteiger partial charge is 0.349 e. The van der Waals surface area contributed by atoms with E-state index in [1.165, 1.54) is 6.42 Å². The van der Waals surface area contributed by atoms with Gasteiger partial charge in [-0.05, 0) is 31.1 Å². The molecule has 0 aromatic rings. The molecule has 6 heteroatoms. The Bertz CT molecular complexity index is 463. The van der Waals surface area contributed by atoms with Gasteiger partial charge >= 0.3 is 0 Å². The van der Waals surface area contributed by atoms with Crippen molar-refractivity contribution in [2.75, 3.05) is 18.1 Å². The third-order valence-electron chi connectivity index (χ3n) is 5.01. The maximum atomic E-state index is 12.2. The monoisotopic (exact) mass is 302 g/mol. The number of carbonyl (C=O) groups is 1. The fourth-order valence-electron chi connectivity index (χ4n) is 3.58. The predicted molar refractivity (Wildman–Crippen MR) is 78.9 cm³/mol. The average molecular weight is 302 g/mol.